The van der Waals surface area contributed by atoms with E-state index in [1.807, 2.05) is 19.9 Å². The molecular weight excluding hydrogens is 351 g/mol. The molecule has 0 saturated heterocycles. The number of carbonyl (C=O) groups is 1. The second-order valence-electron chi connectivity index (χ2n) is 6.35. The van der Waals surface area contributed by atoms with E-state index in [0.29, 0.717) is 16.9 Å². The molecule has 2 aromatic carbocycles. The van der Waals surface area contributed by atoms with Gasteiger partial charge in [-0.1, -0.05) is 0 Å². The summed E-state index contributed by atoms with van der Waals surface area (Å²) in [4.78, 5) is 24.0. The minimum Gasteiger partial charge on any atom is -0.479 e. The van der Waals surface area contributed by atoms with E-state index in [0.717, 1.165) is 16.5 Å². The minimum atomic E-state index is -0.883. The number of halogens is 1. The van der Waals surface area contributed by atoms with Gasteiger partial charge in [0.1, 0.15) is 23.8 Å². The van der Waals surface area contributed by atoms with E-state index in [4.69, 9.17) is 13.9 Å². The number of hydrogen-bond donors (Lipinski definition) is 0. The van der Waals surface area contributed by atoms with Crippen LogP contribution in [0.15, 0.2) is 51.7 Å². The number of fused-ring (bicyclic) bond motifs is 1. The Hall–Kier alpha value is -3.15. The van der Waals surface area contributed by atoms with Crippen LogP contribution in [0, 0.1) is 19.7 Å². The van der Waals surface area contributed by atoms with Crippen LogP contribution in [0.25, 0.3) is 11.0 Å². The zero-order valence-corrected chi connectivity index (χ0v) is 15.2. The number of rotatable bonds is 5. The van der Waals surface area contributed by atoms with Crippen LogP contribution in [0.2, 0.25) is 0 Å². The molecule has 27 heavy (non-hydrogen) atoms. The van der Waals surface area contributed by atoms with Crippen LogP contribution >= 0.6 is 0 Å². The minimum absolute atomic E-state index is 0.0828. The number of aryl methyl sites for hydroxylation is 2. The highest BCUT2D eigenvalue weighted by atomic mass is 19.1. The maximum atomic E-state index is 12.9. The van der Waals surface area contributed by atoms with Gasteiger partial charge in [0.25, 0.3) is 0 Å². The summed E-state index contributed by atoms with van der Waals surface area (Å²) >= 11 is 0. The topological polar surface area (TPSA) is 65.7 Å². The normalized spacial score (nSPS) is 12.0. The van der Waals surface area contributed by atoms with Crippen LogP contribution in [-0.2, 0) is 16.1 Å². The summed E-state index contributed by atoms with van der Waals surface area (Å²) in [5.41, 5.74) is 2.55. The van der Waals surface area contributed by atoms with Gasteiger partial charge in [0, 0.05) is 17.0 Å². The zero-order chi connectivity index (χ0) is 19.6. The van der Waals surface area contributed by atoms with Gasteiger partial charge in [-0.15, -0.1) is 0 Å². The molecule has 0 amide bonds. The third-order valence-corrected chi connectivity index (χ3v) is 4.27. The molecule has 0 aliphatic carbocycles. The molecule has 3 aromatic rings. The van der Waals surface area contributed by atoms with Crippen LogP contribution in [-0.4, -0.2) is 12.1 Å². The largest absolute Gasteiger partial charge is 0.479 e. The van der Waals surface area contributed by atoms with Crippen molar-refractivity contribution < 1.29 is 23.1 Å². The van der Waals surface area contributed by atoms with Crippen molar-refractivity contribution in [2.24, 2.45) is 0 Å². The molecule has 0 aliphatic heterocycles. The van der Waals surface area contributed by atoms with Gasteiger partial charge in [0.05, 0.1) is 0 Å². The molecule has 3 rings (SSSR count). The van der Waals surface area contributed by atoms with E-state index in [9.17, 15) is 14.0 Å². The Labute approximate surface area is 155 Å². The predicted molar refractivity (Wildman–Crippen MR) is 98.2 cm³/mol. The quantitative estimate of drug-likeness (QED) is 0.501. The van der Waals surface area contributed by atoms with Crippen LogP contribution in [0.5, 0.6) is 5.75 Å². The first-order valence-corrected chi connectivity index (χ1v) is 8.46. The van der Waals surface area contributed by atoms with Gasteiger partial charge in [-0.05, 0) is 68.3 Å². The maximum Gasteiger partial charge on any atom is 0.347 e. The van der Waals surface area contributed by atoms with Gasteiger partial charge in [-0.3, -0.25) is 0 Å². The van der Waals surface area contributed by atoms with E-state index in [1.165, 1.54) is 37.3 Å². The summed E-state index contributed by atoms with van der Waals surface area (Å²) in [5, 5.41) is 0.720. The third kappa shape index (κ3) is 4.34. The number of hydrogen-bond acceptors (Lipinski definition) is 5. The average Bonchev–Trinajstić information content (AvgIpc) is 2.62. The number of ether oxygens (including phenoxy) is 2. The number of benzene rings is 2. The second kappa shape index (κ2) is 7.61. The molecule has 0 spiro atoms. The first-order valence-electron chi connectivity index (χ1n) is 8.46. The first-order chi connectivity index (χ1) is 12.8. The summed E-state index contributed by atoms with van der Waals surface area (Å²) in [7, 11) is 0. The van der Waals surface area contributed by atoms with Crippen molar-refractivity contribution in [3.05, 3.63) is 75.4 Å². The lowest BCUT2D eigenvalue weighted by atomic mass is 10.0. The summed E-state index contributed by atoms with van der Waals surface area (Å²) in [6, 6.07) is 10.4. The molecule has 1 heterocycles. The second-order valence-corrected chi connectivity index (χ2v) is 6.35. The fourth-order valence-corrected chi connectivity index (χ4v) is 2.63. The van der Waals surface area contributed by atoms with Gasteiger partial charge < -0.3 is 13.9 Å². The average molecular weight is 370 g/mol. The highest BCUT2D eigenvalue weighted by molar-refractivity contribution is 5.82. The Morgan fingerprint density at radius 3 is 2.48 bits per heavy atom. The first kappa shape index (κ1) is 18.6. The summed E-state index contributed by atoms with van der Waals surface area (Å²) < 4.78 is 28.9. The van der Waals surface area contributed by atoms with Crippen LogP contribution in [0.3, 0.4) is 0 Å². The summed E-state index contributed by atoms with van der Waals surface area (Å²) in [6.07, 6.45) is -0.883. The molecule has 0 saturated carbocycles. The summed E-state index contributed by atoms with van der Waals surface area (Å²) in [5.74, 6) is -0.625. The van der Waals surface area contributed by atoms with Crippen LogP contribution < -0.4 is 10.4 Å². The monoisotopic (exact) mass is 370 g/mol. The van der Waals surface area contributed by atoms with Crippen molar-refractivity contribution in [2.45, 2.75) is 33.5 Å². The molecule has 0 N–H and O–H groups in total. The lowest BCUT2D eigenvalue weighted by molar-refractivity contribution is -0.152. The van der Waals surface area contributed by atoms with Crippen LogP contribution in [0.4, 0.5) is 4.39 Å². The SMILES string of the molecule is Cc1cc2oc(=O)cc(COC(=O)[C@@H](C)Oc3ccc(F)cc3)c2cc1C. The Morgan fingerprint density at radius 1 is 1.11 bits per heavy atom. The van der Waals surface area contributed by atoms with Gasteiger partial charge in [-0.25, -0.2) is 14.0 Å². The molecular formula is C21H19FO5. The molecule has 5 nitrogen and oxygen atoms in total. The Bertz CT molecular complexity index is 1040. The van der Waals surface area contributed by atoms with Crippen molar-refractivity contribution >= 4 is 16.9 Å². The Balaban J connectivity index is 1.74. The van der Waals surface area contributed by atoms with Gasteiger partial charge in [0.15, 0.2) is 6.10 Å². The van der Waals surface area contributed by atoms with Crippen molar-refractivity contribution in [3.63, 3.8) is 0 Å². The zero-order valence-electron chi connectivity index (χ0n) is 15.2. The molecule has 0 fully saturated rings. The summed E-state index contributed by atoms with van der Waals surface area (Å²) in [6.45, 7) is 5.33. The van der Waals surface area contributed by atoms with E-state index in [1.54, 1.807) is 6.07 Å². The number of carbonyl (C=O) groups excluding carboxylic acids is 1. The molecule has 0 unspecified atom stereocenters. The molecule has 0 bridgehead atoms. The standard InChI is InChI=1S/C21H19FO5/c1-12-8-18-15(10-20(23)27-19(18)9-13(12)2)11-25-21(24)14(3)26-17-6-4-16(22)5-7-17/h4-10,14H,11H2,1-3H3/t14-/m1/s1. The maximum absolute atomic E-state index is 12.9. The molecule has 0 aliphatic rings. The van der Waals surface area contributed by atoms with E-state index >= 15 is 0 Å². The van der Waals surface area contributed by atoms with E-state index in [2.05, 4.69) is 0 Å². The predicted octanol–water partition coefficient (Wildman–Crippen LogP) is 4.06. The molecule has 140 valence electrons. The van der Waals surface area contributed by atoms with E-state index < -0.39 is 23.5 Å². The van der Waals surface area contributed by atoms with Crippen molar-refractivity contribution in [2.75, 3.05) is 0 Å². The Kier molecular flexibility index (Phi) is 5.26. The molecule has 1 aromatic heterocycles. The highest BCUT2D eigenvalue weighted by Crippen LogP contribution is 2.22. The lowest BCUT2D eigenvalue weighted by Gasteiger charge is -2.14. The fraction of sp³-hybridized carbons (Fsp3) is 0.238. The smallest absolute Gasteiger partial charge is 0.347 e. The Morgan fingerprint density at radius 2 is 1.78 bits per heavy atom. The van der Waals surface area contributed by atoms with Gasteiger partial charge >= 0.3 is 11.6 Å². The lowest BCUT2D eigenvalue weighted by Crippen LogP contribution is -2.26. The van der Waals surface area contributed by atoms with E-state index in [-0.39, 0.29) is 6.61 Å². The van der Waals surface area contributed by atoms with Crippen molar-refractivity contribution in [1.82, 2.24) is 0 Å². The molecule has 6 heteroatoms. The third-order valence-electron chi connectivity index (χ3n) is 4.27. The molecule has 1 atom stereocenters. The van der Waals surface area contributed by atoms with Crippen molar-refractivity contribution in [3.8, 4) is 5.75 Å². The van der Waals surface area contributed by atoms with Gasteiger partial charge in [-0.2, -0.15) is 0 Å². The van der Waals surface area contributed by atoms with Gasteiger partial charge in [0.2, 0.25) is 0 Å². The van der Waals surface area contributed by atoms with Crippen LogP contribution in [0.1, 0.15) is 23.6 Å². The van der Waals surface area contributed by atoms with Crippen molar-refractivity contribution in [1.29, 1.82) is 0 Å². The molecule has 0 radical (unpaired) electrons. The fourth-order valence-electron chi connectivity index (χ4n) is 2.63. The highest BCUT2D eigenvalue weighted by Gasteiger charge is 2.18. The number of esters is 1.